The van der Waals surface area contributed by atoms with Crippen LogP contribution in [0.15, 0.2) is 121 Å². The van der Waals surface area contributed by atoms with Crippen LogP contribution < -0.4 is 0 Å². The van der Waals surface area contributed by atoms with Crippen LogP contribution in [-0.4, -0.2) is 0 Å². The predicted molar refractivity (Wildman–Crippen MR) is 156 cm³/mol. The van der Waals surface area contributed by atoms with E-state index in [0.29, 0.717) is 11.1 Å². The van der Waals surface area contributed by atoms with Gasteiger partial charge in [0.25, 0.3) is 0 Å². The molecular formula is C36H20N2. The summed E-state index contributed by atoms with van der Waals surface area (Å²) in [5, 5.41) is 26.7. The largest absolute Gasteiger partial charge is 0.192 e. The molecule has 0 bridgehead atoms. The molecule has 2 nitrogen and oxygen atoms in total. The van der Waals surface area contributed by atoms with Crippen molar-refractivity contribution in [3.05, 3.63) is 132 Å². The van der Waals surface area contributed by atoms with Crippen LogP contribution in [0.3, 0.4) is 0 Å². The molecule has 0 fully saturated rings. The Kier molecular flexibility index (Phi) is 4.93. The molecule has 0 amide bonds. The van der Waals surface area contributed by atoms with Crippen LogP contribution in [0.5, 0.6) is 0 Å². The van der Waals surface area contributed by atoms with E-state index in [2.05, 4.69) is 78.9 Å². The second kappa shape index (κ2) is 8.59. The molecule has 174 valence electrons. The summed E-state index contributed by atoms with van der Waals surface area (Å²) in [5.41, 5.74) is 7.56. The van der Waals surface area contributed by atoms with Crippen molar-refractivity contribution in [2.24, 2.45) is 0 Å². The number of benzene rings is 7. The maximum atomic E-state index is 9.94. The highest BCUT2D eigenvalue weighted by atomic mass is 14.3. The van der Waals surface area contributed by atoms with E-state index < -0.39 is 0 Å². The molecular weight excluding hydrogens is 460 g/mol. The average molecular weight is 481 g/mol. The molecule has 0 heterocycles. The highest BCUT2D eigenvalue weighted by Gasteiger charge is 2.19. The van der Waals surface area contributed by atoms with Gasteiger partial charge in [0.2, 0.25) is 0 Å². The van der Waals surface area contributed by atoms with Crippen molar-refractivity contribution in [3.8, 4) is 45.5 Å². The summed E-state index contributed by atoms with van der Waals surface area (Å²) in [6.07, 6.45) is 0. The summed E-state index contributed by atoms with van der Waals surface area (Å²) in [4.78, 5) is 0. The smallest absolute Gasteiger partial charge is 0.0998 e. The lowest BCUT2D eigenvalue weighted by Crippen LogP contribution is -1.94. The lowest BCUT2D eigenvalue weighted by molar-refractivity contribution is 1.48. The molecule has 0 radical (unpaired) electrons. The van der Waals surface area contributed by atoms with Crippen molar-refractivity contribution >= 4 is 32.3 Å². The van der Waals surface area contributed by atoms with E-state index in [1.165, 1.54) is 16.2 Å². The van der Waals surface area contributed by atoms with Crippen LogP contribution in [0.2, 0.25) is 0 Å². The van der Waals surface area contributed by atoms with Gasteiger partial charge in [-0.1, -0.05) is 103 Å². The van der Waals surface area contributed by atoms with E-state index in [0.717, 1.165) is 49.5 Å². The molecule has 0 aliphatic rings. The van der Waals surface area contributed by atoms with E-state index in [1.807, 2.05) is 54.6 Å². The first-order chi connectivity index (χ1) is 18.8. The molecule has 0 spiro atoms. The highest BCUT2D eigenvalue weighted by Crippen LogP contribution is 2.46. The SMILES string of the molecule is N#Cc1ccccc1-c1ccc2ccc3c(-c4ccccc4C#N)cc(-c4ccccc4)c4ccc1c2c43. The summed E-state index contributed by atoms with van der Waals surface area (Å²) in [6, 6.07) is 46.1. The monoisotopic (exact) mass is 480 g/mol. The average Bonchev–Trinajstić information content (AvgIpc) is 3.00. The standard InChI is InChI=1S/C36H20N2/c37-21-25-10-4-6-12-27(25)29-16-14-24-15-17-32-34(28-13-7-5-11-26(28)22-38)20-33(23-8-2-1-3-9-23)31-19-18-30(29)35(24)36(31)32/h1-20H. The van der Waals surface area contributed by atoms with Crippen LogP contribution >= 0.6 is 0 Å². The summed E-state index contributed by atoms with van der Waals surface area (Å²) in [6.45, 7) is 0. The van der Waals surface area contributed by atoms with Gasteiger partial charge in [-0.2, -0.15) is 10.5 Å². The van der Waals surface area contributed by atoms with Crippen LogP contribution in [0.1, 0.15) is 11.1 Å². The normalized spacial score (nSPS) is 11.1. The molecule has 0 atom stereocenters. The fourth-order valence-electron chi connectivity index (χ4n) is 5.84. The van der Waals surface area contributed by atoms with Crippen LogP contribution in [0, 0.1) is 22.7 Å². The van der Waals surface area contributed by atoms with Gasteiger partial charge in [-0.15, -0.1) is 0 Å². The molecule has 0 saturated carbocycles. The van der Waals surface area contributed by atoms with Gasteiger partial charge in [0.1, 0.15) is 0 Å². The number of hydrogen-bond donors (Lipinski definition) is 0. The summed E-state index contributed by atoms with van der Waals surface area (Å²) < 4.78 is 0. The maximum absolute atomic E-state index is 9.94. The van der Waals surface area contributed by atoms with Gasteiger partial charge >= 0.3 is 0 Å². The van der Waals surface area contributed by atoms with Gasteiger partial charge in [-0.05, 0) is 72.8 Å². The number of hydrogen-bond acceptors (Lipinski definition) is 2. The minimum absolute atomic E-state index is 0.658. The van der Waals surface area contributed by atoms with Crippen LogP contribution in [0.25, 0.3) is 65.7 Å². The highest BCUT2D eigenvalue weighted by molar-refractivity contribution is 6.30. The Morgan fingerprint density at radius 3 is 1.61 bits per heavy atom. The van der Waals surface area contributed by atoms with E-state index in [-0.39, 0.29) is 0 Å². The van der Waals surface area contributed by atoms with Gasteiger partial charge in [0, 0.05) is 11.1 Å². The predicted octanol–water partition coefficient (Wildman–Crippen LogP) is 9.33. The Bertz CT molecular complexity index is 2090. The zero-order chi connectivity index (χ0) is 25.6. The first-order valence-corrected chi connectivity index (χ1v) is 12.6. The number of nitriles is 2. The zero-order valence-electron chi connectivity index (χ0n) is 20.4. The number of nitrogens with zero attached hydrogens (tertiary/aromatic N) is 2. The van der Waals surface area contributed by atoms with Crippen molar-refractivity contribution < 1.29 is 0 Å². The topological polar surface area (TPSA) is 47.6 Å². The second-order valence-corrected chi connectivity index (χ2v) is 9.51. The quantitative estimate of drug-likeness (QED) is 0.237. The van der Waals surface area contributed by atoms with Crippen molar-refractivity contribution in [3.63, 3.8) is 0 Å². The maximum Gasteiger partial charge on any atom is 0.0998 e. The minimum atomic E-state index is 0.658. The molecule has 0 aromatic heterocycles. The van der Waals surface area contributed by atoms with E-state index in [9.17, 15) is 10.5 Å². The molecule has 0 N–H and O–H groups in total. The fourth-order valence-corrected chi connectivity index (χ4v) is 5.84. The van der Waals surface area contributed by atoms with Crippen LogP contribution in [0.4, 0.5) is 0 Å². The van der Waals surface area contributed by atoms with Crippen molar-refractivity contribution in [2.45, 2.75) is 0 Å². The number of rotatable bonds is 3. The first-order valence-electron chi connectivity index (χ1n) is 12.6. The molecule has 0 aliphatic carbocycles. The molecule has 38 heavy (non-hydrogen) atoms. The summed E-state index contributed by atoms with van der Waals surface area (Å²) in [7, 11) is 0. The fraction of sp³-hybridized carbons (Fsp3) is 0. The third-order valence-corrected chi connectivity index (χ3v) is 7.54. The molecule has 0 saturated heterocycles. The second-order valence-electron chi connectivity index (χ2n) is 9.51. The molecule has 0 unspecified atom stereocenters. The zero-order valence-corrected chi connectivity index (χ0v) is 20.4. The van der Waals surface area contributed by atoms with E-state index in [1.54, 1.807) is 0 Å². The van der Waals surface area contributed by atoms with Gasteiger partial charge < -0.3 is 0 Å². The minimum Gasteiger partial charge on any atom is -0.192 e. The summed E-state index contributed by atoms with van der Waals surface area (Å²) >= 11 is 0. The third kappa shape index (κ3) is 3.19. The molecule has 7 aromatic carbocycles. The molecule has 0 aliphatic heterocycles. The van der Waals surface area contributed by atoms with Gasteiger partial charge in [0.15, 0.2) is 0 Å². The van der Waals surface area contributed by atoms with Crippen molar-refractivity contribution in [1.29, 1.82) is 10.5 Å². The first kappa shape index (κ1) is 21.8. The Hall–Kier alpha value is -5.44. The Morgan fingerprint density at radius 2 is 0.921 bits per heavy atom. The molecule has 7 rings (SSSR count). The molecule has 7 aromatic rings. The summed E-state index contributed by atoms with van der Waals surface area (Å²) in [5.74, 6) is 0. The van der Waals surface area contributed by atoms with Gasteiger partial charge in [-0.3, -0.25) is 0 Å². The van der Waals surface area contributed by atoms with Crippen LogP contribution in [-0.2, 0) is 0 Å². The van der Waals surface area contributed by atoms with Crippen molar-refractivity contribution in [2.75, 3.05) is 0 Å². The lowest BCUT2D eigenvalue weighted by atomic mass is 9.83. The van der Waals surface area contributed by atoms with E-state index >= 15 is 0 Å². The Balaban J connectivity index is 1.68. The Labute approximate surface area is 220 Å². The molecule has 2 heteroatoms. The van der Waals surface area contributed by atoms with E-state index in [4.69, 9.17) is 0 Å². The Morgan fingerprint density at radius 1 is 0.395 bits per heavy atom. The van der Waals surface area contributed by atoms with Gasteiger partial charge in [0.05, 0.1) is 23.3 Å². The lowest BCUT2D eigenvalue weighted by Gasteiger charge is -2.20. The third-order valence-electron chi connectivity index (χ3n) is 7.54. The van der Waals surface area contributed by atoms with Crippen molar-refractivity contribution in [1.82, 2.24) is 0 Å². The van der Waals surface area contributed by atoms with Gasteiger partial charge in [-0.25, -0.2) is 0 Å².